The van der Waals surface area contributed by atoms with Crippen LogP contribution in [0.15, 0.2) is 52.9 Å². The van der Waals surface area contributed by atoms with E-state index in [2.05, 4.69) is 5.32 Å². The summed E-state index contributed by atoms with van der Waals surface area (Å²) >= 11 is 0. The van der Waals surface area contributed by atoms with Crippen LogP contribution < -0.4 is 14.8 Å². The fourth-order valence-electron chi connectivity index (χ4n) is 3.95. The van der Waals surface area contributed by atoms with Gasteiger partial charge in [-0.2, -0.15) is 0 Å². The normalized spacial score (nSPS) is 12.1. The zero-order valence-corrected chi connectivity index (χ0v) is 20.9. The smallest absolute Gasteiger partial charge is 0.322 e. The lowest BCUT2D eigenvalue weighted by molar-refractivity contribution is -0.133. The molecule has 0 saturated heterocycles. The summed E-state index contributed by atoms with van der Waals surface area (Å²) in [4.78, 5) is 29.5. The van der Waals surface area contributed by atoms with Crippen LogP contribution in [-0.2, 0) is 17.9 Å². The number of fused-ring (bicyclic) bond motifs is 1. The molecule has 0 spiro atoms. The van der Waals surface area contributed by atoms with Gasteiger partial charge in [0.05, 0.1) is 6.54 Å². The fraction of sp³-hybridized carbons (Fsp3) is 0.333. The molecule has 0 atom stereocenters. The monoisotopic (exact) mass is 513 g/mol. The van der Waals surface area contributed by atoms with Crippen molar-refractivity contribution in [2.45, 2.75) is 33.9 Å². The van der Waals surface area contributed by atoms with Gasteiger partial charge in [0.1, 0.15) is 18.1 Å². The van der Waals surface area contributed by atoms with Crippen molar-refractivity contribution < 1.29 is 32.3 Å². The van der Waals surface area contributed by atoms with Crippen LogP contribution in [0.5, 0.6) is 11.5 Å². The molecule has 0 bridgehead atoms. The van der Waals surface area contributed by atoms with E-state index in [9.17, 15) is 18.4 Å². The Labute approximate surface area is 213 Å². The summed E-state index contributed by atoms with van der Waals surface area (Å²) < 4.78 is 43.4. The van der Waals surface area contributed by atoms with Crippen LogP contribution in [0.1, 0.15) is 30.9 Å². The Hall–Kier alpha value is -4.08. The summed E-state index contributed by atoms with van der Waals surface area (Å²) in [6.45, 7) is 6.29. The molecule has 0 aliphatic carbocycles. The standard InChI is InChI=1S/C27H29F2N3O5/c1-17(2)12-32(27(34)30-20-6-8-22(28)23(29)11-20)15-26(33)31(14-21-7-4-18(3)37-21)13-19-5-9-24-25(10-19)36-16-35-24/h4-11,17H,12-16H2,1-3H3,(H,30,34). The average molecular weight is 514 g/mol. The van der Waals surface area contributed by atoms with Gasteiger partial charge in [-0.25, -0.2) is 13.6 Å². The van der Waals surface area contributed by atoms with Gasteiger partial charge in [0.15, 0.2) is 23.1 Å². The van der Waals surface area contributed by atoms with Gasteiger partial charge in [-0.1, -0.05) is 19.9 Å². The predicted octanol–water partition coefficient (Wildman–Crippen LogP) is 5.31. The molecule has 1 aromatic heterocycles. The minimum absolute atomic E-state index is 0.0542. The van der Waals surface area contributed by atoms with E-state index in [0.717, 1.165) is 23.5 Å². The van der Waals surface area contributed by atoms with Crippen molar-refractivity contribution in [2.24, 2.45) is 5.92 Å². The molecule has 8 nitrogen and oxygen atoms in total. The lowest BCUT2D eigenvalue weighted by atomic mass is 10.1. The molecule has 3 amide bonds. The number of anilines is 1. The number of urea groups is 1. The summed E-state index contributed by atoms with van der Waals surface area (Å²) in [6, 6.07) is 11.6. The summed E-state index contributed by atoms with van der Waals surface area (Å²) in [5, 5.41) is 2.55. The van der Waals surface area contributed by atoms with E-state index >= 15 is 0 Å². The minimum atomic E-state index is -1.08. The average Bonchev–Trinajstić information content (AvgIpc) is 3.48. The molecule has 196 valence electrons. The van der Waals surface area contributed by atoms with Gasteiger partial charge in [-0.05, 0) is 54.8 Å². The number of nitrogens with zero attached hydrogens (tertiary/aromatic N) is 2. The lowest BCUT2D eigenvalue weighted by Crippen LogP contribution is -2.45. The van der Waals surface area contributed by atoms with E-state index in [1.165, 1.54) is 11.0 Å². The van der Waals surface area contributed by atoms with Gasteiger partial charge in [0.25, 0.3) is 0 Å². The zero-order chi connectivity index (χ0) is 26.5. The molecule has 0 saturated carbocycles. The molecule has 1 aliphatic heterocycles. The van der Waals surface area contributed by atoms with Gasteiger partial charge in [-0.15, -0.1) is 0 Å². The Morgan fingerprint density at radius 2 is 1.73 bits per heavy atom. The molecular formula is C27H29F2N3O5. The zero-order valence-electron chi connectivity index (χ0n) is 20.9. The number of hydrogen-bond acceptors (Lipinski definition) is 5. The number of halogens is 2. The molecule has 4 rings (SSSR count). The van der Waals surface area contributed by atoms with Gasteiger partial charge >= 0.3 is 6.03 Å². The van der Waals surface area contributed by atoms with Crippen molar-refractivity contribution in [1.29, 1.82) is 0 Å². The Kier molecular flexibility index (Phi) is 7.95. The molecule has 10 heteroatoms. The Balaban J connectivity index is 1.52. The number of carbonyl (C=O) groups is 2. The van der Waals surface area contributed by atoms with E-state index in [-0.39, 0.29) is 50.5 Å². The van der Waals surface area contributed by atoms with Gasteiger partial charge in [-0.3, -0.25) is 4.79 Å². The maximum absolute atomic E-state index is 13.6. The maximum atomic E-state index is 13.6. The third-order valence-corrected chi connectivity index (χ3v) is 5.68. The summed E-state index contributed by atoms with van der Waals surface area (Å²) in [5.74, 6) is 0.219. The molecule has 1 N–H and O–H groups in total. The van der Waals surface area contributed by atoms with Crippen LogP contribution in [0.25, 0.3) is 0 Å². The van der Waals surface area contributed by atoms with Crippen molar-refractivity contribution in [3.63, 3.8) is 0 Å². The highest BCUT2D eigenvalue weighted by molar-refractivity contribution is 5.92. The number of benzene rings is 2. The summed E-state index contributed by atoms with van der Waals surface area (Å²) in [5.41, 5.74) is 0.913. The molecule has 37 heavy (non-hydrogen) atoms. The highest BCUT2D eigenvalue weighted by Gasteiger charge is 2.24. The van der Waals surface area contributed by atoms with Gasteiger partial charge in [0.2, 0.25) is 12.7 Å². The highest BCUT2D eigenvalue weighted by atomic mass is 19.2. The Morgan fingerprint density at radius 3 is 2.43 bits per heavy atom. The topological polar surface area (TPSA) is 84.2 Å². The van der Waals surface area contributed by atoms with Gasteiger partial charge in [0, 0.05) is 24.8 Å². The Morgan fingerprint density at radius 1 is 0.946 bits per heavy atom. The van der Waals surface area contributed by atoms with Crippen LogP contribution in [0, 0.1) is 24.5 Å². The number of nitrogens with one attached hydrogen (secondary N) is 1. The van der Waals surface area contributed by atoms with Crippen molar-refractivity contribution >= 4 is 17.6 Å². The van der Waals surface area contributed by atoms with E-state index in [0.29, 0.717) is 17.3 Å². The number of rotatable bonds is 9. The number of hydrogen-bond donors (Lipinski definition) is 1. The molecule has 1 aliphatic rings. The van der Waals surface area contributed by atoms with Gasteiger partial charge < -0.3 is 29.0 Å². The highest BCUT2D eigenvalue weighted by Crippen LogP contribution is 2.33. The molecule has 2 aromatic carbocycles. The first-order valence-corrected chi connectivity index (χ1v) is 11.9. The second kappa shape index (κ2) is 11.3. The van der Waals surface area contributed by atoms with E-state index in [1.54, 1.807) is 17.0 Å². The molecular weight excluding hydrogens is 484 g/mol. The second-order valence-corrected chi connectivity index (χ2v) is 9.28. The SMILES string of the molecule is Cc1ccc(CN(Cc2ccc3c(c2)OCO3)C(=O)CN(CC(C)C)C(=O)Nc2ccc(F)c(F)c2)o1. The first kappa shape index (κ1) is 26.0. The molecule has 0 unspecified atom stereocenters. The van der Waals surface area contributed by atoms with Crippen molar-refractivity contribution in [2.75, 3.05) is 25.2 Å². The van der Waals surface area contributed by atoms with Crippen LogP contribution >= 0.6 is 0 Å². The van der Waals surface area contributed by atoms with Crippen molar-refractivity contribution in [3.05, 3.63) is 77.2 Å². The van der Waals surface area contributed by atoms with Crippen LogP contribution in [0.2, 0.25) is 0 Å². The third-order valence-electron chi connectivity index (χ3n) is 5.68. The van der Waals surface area contributed by atoms with E-state index in [4.69, 9.17) is 13.9 Å². The van der Waals surface area contributed by atoms with Crippen LogP contribution in [-0.4, -0.2) is 41.6 Å². The molecule has 2 heterocycles. The number of aryl methyl sites for hydroxylation is 1. The number of furan rings is 1. The van der Waals surface area contributed by atoms with Crippen LogP contribution in [0.3, 0.4) is 0 Å². The molecule has 0 fully saturated rings. The molecule has 3 aromatic rings. The number of amides is 3. The number of ether oxygens (including phenoxy) is 2. The fourth-order valence-corrected chi connectivity index (χ4v) is 3.95. The quantitative estimate of drug-likeness (QED) is 0.419. The number of carbonyl (C=O) groups excluding carboxylic acids is 2. The molecule has 0 radical (unpaired) electrons. The second-order valence-electron chi connectivity index (χ2n) is 9.28. The van der Waals surface area contributed by atoms with Crippen molar-refractivity contribution in [1.82, 2.24) is 9.80 Å². The maximum Gasteiger partial charge on any atom is 0.322 e. The largest absolute Gasteiger partial charge is 0.464 e. The Bertz CT molecular complexity index is 1280. The summed E-state index contributed by atoms with van der Waals surface area (Å²) in [7, 11) is 0. The minimum Gasteiger partial charge on any atom is -0.464 e. The third kappa shape index (κ3) is 6.78. The lowest BCUT2D eigenvalue weighted by Gasteiger charge is -2.28. The van der Waals surface area contributed by atoms with E-state index < -0.39 is 17.7 Å². The summed E-state index contributed by atoms with van der Waals surface area (Å²) in [6.07, 6.45) is 0. The predicted molar refractivity (Wildman–Crippen MR) is 132 cm³/mol. The van der Waals surface area contributed by atoms with E-state index in [1.807, 2.05) is 39.0 Å². The first-order chi connectivity index (χ1) is 17.7. The van der Waals surface area contributed by atoms with Crippen molar-refractivity contribution in [3.8, 4) is 11.5 Å². The van der Waals surface area contributed by atoms with Crippen LogP contribution in [0.4, 0.5) is 19.3 Å². The first-order valence-electron chi connectivity index (χ1n) is 11.9.